The molecule has 0 aliphatic carbocycles. The Morgan fingerprint density at radius 2 is 1.86 bits per heavy atom. The smallest absolute Gasteiger partial charge is 0.344 e. The van der Waals surface area contributed by atoms with Crippen LogP contribution in [0.15, 0.2) is 53.4 Å². The lowest BCUT2D eigenvalue weighted by Gasteiger charge is -2.26. The average Bonchev–Trinajstić information content (AvgIpc) is 2.72. The first-order chi connectivity index (χ1) is 13.5. The molecular weight excluding hydrogens is 382 g/mol. The molecule has 0 atom stereocenters. The van der Waals surface area contributed by atoms with Gasteiger partial charge in [-0.15, -0.1) is 0 Å². The van der Waals surface area contributed by atoms with Crippen LogP contribution in [0, 0.1) is 6.92 Å². The summed E-state index contributed by atoms with van der Waals surface area (Å²) < 4.78 is 42.7. The maximum absolute atomic E-state index is 12.7. The van der Waals surface area contributed by atoms with Crippen molar-refractivity contribution in [2.24, 2.45) is 0 Å². The van der Waals surface area contributed by atoms with Crippen molar-refractivity contribution in [3.8, 4) is 5.75 Å². The van der Waals surface area contributed by atoms with E-state index >= 15 is 0 Å². The van der Waals surface area contributed by atoms with E-state index in [2.05, 4.69) is 0 Å². The van der Waals surface area contributed by atoms with Gasteiger partial charge in [0.25, 0.3) is 0 Å². The zero-order chi connectivity index (χ0) is 20.0. The Labute approximate surface area is 164 Å². The minimum atomic E-state index is -3.59. The summed E-state index contributed by atoms with van der Waals surface area (Å²) in [5, 5.41) is 0. The van der Waals surface area contributed by atoms with Gasteiger partial charge in [0.2, 0.25) is 10.0 Å². The highest BCUT2D eigenvalue weighted by Crippen LogP contribution is 2.19. The third kappa shape index (κ3) is 5.09. The quantitative estimate of drug-likeness (QED) is 0.657. The van der Waals surface area contributed by atoms with Crippen LogP contribution < -0.4 is 4.74 Å². The van der Waals surface area contributed by atoms with E-state index in [1.54, 1.807) is 18.2 Å². The third-order valence-electron chi connectivity index (χ3n) is 4.35. The van der Waals surface area contributed by atoms with E-state index in [1.165, 1.54) is 16.4 Å². The lowest BCUT2D eigenvalue weighted by Crippen LogP contribution is -2.40. The van der Waals surface area contributed by atoms with Crippen LogP contribution in [0.5, 0.6) is 5.75 Å². The SMILES string of the molecule is Cc1ccccc1OCC(=O)OCc1cccc(S(=O)(=O)N2CCOCC2)c1. The summed E-state index contributed by atoms with van der Waals surface area (Å²) in [5.74, 6) is 0.0998. The van der Waals surface area contributed by atoms with Gasteiger partial charge in [0.05, 0.1) is 18.1 Å². The maximum Gasteiger partial charge on any atom is 0.344 e. The van der Waals surface area contributed by atoms with Crippen molar-refractivity contribution in [1.29, 1.82) is 0 Å². The van der Waals surface area contributed by atoms with Gasteiger partial charge in [-0.05, 0) is 36.2 Å². The van der Waals surface area contributed by atoms with Crippen LogP contribution in [0.3, 0.4) is 0 Å². The molecule has 0 spiro atoms. The number of hydrogen-bond acceptors (Lipinski definition) is 6. The lowest BCUT2D eigenvalue weighted by atomic mass is 10.2. The Kier molecular flexibility index (Phi) is 6.66. The van der Waals surface area contributed by atoms with Gasteiger partial charge in [-0.2, -0.15) is 4.31 Å². The highest BCUT2D eigenvalue weighted by molar-refractivity contribution is 7.89. The molecule has 1 aliphatic rings. The highest BCUT2D eigenvalue weighted by atomic mass is 32.2. The van der Waals surface area contributed by atoms with Crippen LogP contribution in [0.25, 0.3) is 0 Å². The number of morpholine rings is 1. The van der Waals surface area contributed by atoms with Crippen LogP contribution >= 0.6 is 0 Å². The Hall–Kier alpha value is -2.42. The number of esters is 1. The molecular formula is C20H23NO6S. The molecule has 150 valence electrons. The molecule has 0 saturated carbocycles. The van der Waals surface area contributed by atoms with E-state index in [0.29, 0.717) is 37.6 Å². The molecule has 0 radical (unpaired) electrons. The van der Waals surface area contributed by atoms with E-state index in [4.69, 9.17) is 14.2 Å². The van der Waals surface area contributed by atoms with E-state index in [9.17, 15) is 13.2 Å². The summed E-state index contributed by atoms with van der Waals surface area (Å²) in [6, 6.07) is 13.8. The first kappa shape index (κ1) is 20.3. The molecule has 1 aliphatic heterocycles. The second kappa shape index (κ2) is 9.18. The van der Waals surface area contributed by atoms with E-state index in [1.807, 2.05) is 25.1 Å². The number of carbonyl (C=O) groups excluding carboxylic acids is 1. The monoisotopic (exact) mass is 405 g/mol. The number of nitrogens with zero attached hydrogens (tertiary/aromatic N) is 1. The number of aryl methyl sites for hydroxylation is 1. The molecule has 2 aromatic carbocycles. The van der Waals surface area contributed by atoms with Crippen LogP contribution in [0.4, 0.5) is 0 Å². The van der Waals surface area contributed by atoms with Gasteiger partial charge >= 0.3 is 5.97 Å². The third-order valence-corrected chi connectivity index (χ3v) is 6.24. The predicted molar refractivity (Wildman–Crippen MR) is 102 cm³/mol. The Morgan fingerprint density at radius 3 is 2.61 bits per heavy atom. The fourth-order valence-electron chi connectivity index (χ4n) is 2.79. The topological polar surface area (TPSA) is 82.1 Å². The second-order valence-electron chi connectivity index (χ2n) is 6.38. The van der Waals surface area contributed by atoms with Crippen molar-refractivity contribution in [3.05, 3.63) is 59.7 Å². The summed E-state index contributed by atoms with van der Waals surface area (Å²) in [6.07, 6.45) is 0. The molecule has 7 nitrogen and oxygen atoms in total. The van der Waals surface area contributed by atoms with Gasteiger partial charge in [0.15, 0.2) is 6.61 Å². The summed E-state index contributed by atoms with van der Waals surface area (Å²) >= 11 is 0. The van der Waals surface area contributed by atoms with Crippen molar-refractivity contribution in [1.82, 2.24) is 4.31 Å². The molecule has 0 amide bonds. The standard InChI is InChI=1S/C20H23NO6S/c1-16-5-2-3-8-19(16)26-15-20(22)27-14-17-6-4-7-18(13-17)28(23,24)21-9-11-25-12-10-21/h2-8,13H,9-12,14-15H2,1H3. The van der Waals surface area contributed by atoms with Gasteiger partial charge in [0, 0.05) is 13.1 Å². The average molecular weight is 405 g/mol. The van der Waals surface area contributed by atoms with Gasteiger partial charge in [-0.25, -0.2) is 13.2 Å². The van der Waals surface area contributed by atoms with Crippen LogP contribution in [-0.2, 0) is 30.9 Å². The van der Waals surface area contributed by atoms with E-state index in [-0.39, 0.29) is 18.1 Å². The molecule has 8 heteroatoms. The second-order valence-corrected chi connectivity index (χ2v) is 8.32. The van der Waals surface area contributed by atoms with Crippen molar-refractivity contribution in [3.63, 3.8) is 0 Å². The first-order valence-corrected chi connectivity index (χ1v) is 10.4. The largest absolute Gasteiger partial charge is 0.482 e. The fourth-order valence-corrected chi connectivity index (χ4v) is 4.27. The predicted octanol–water partition coefficient (Wildman–Crippen LogP) is 2.14. The van der Waals surface area contributed by atoms with E-state index in [0.717, 1.165) is 5.56 Å². The van der Waals surface area contributed by atoms with Crippen molar-refractivity contribution in [2.45, 2.75) is 18.4 Å². The van der Waals surface area contributed by atoms with E-state index < -0.39 is 16.0 Å². The van der Waals surface area contributed by atoms with Crippen LogP contribution in [-0.4, -0.2) is 51.6 Å². The summed E-state index contributed by atoms with van der Waals surface area (Å²) in [4.78, 5) is 12.1. The molecule has 1 fully saturated rings. The zero-order valence-corrected chi connectivity index (χ0v) is 16.5. The van der Waals surface area contributed by atoms with Crippen LogP contribution in [0.2, 0.25) is 0 Å². The van der Waals surface area contributed by atoms with Gasteiger partial charge in [-0.3, -0.25) is 0 Å². The summed E-state index contributed by atoms with van der Waals surface area (Å²) in [6.45, 7) is 3.09. The van der Waals surface area contributed by atoms with Gasteiger partial charge < -0.3 is 14.2 Å². The minimum Gasteiger partial charge on any atom is -0.482 e. The normalized spacial score (nSPS) is 15.2. The summed E-state index contributed by atoms with van der Waals surface area (Å²) in [7, 11) is -3.59. The number of para-hydroxylation sites is 1. The Morgan fingerprint density at radius 1 is 1.11 bits per heavy atom. The van der Waals surface area contributed by atoms with Crippen molar-refractivity contribution >= 4 is 16.0 Å². The Balaban J connectivity index is 1.57. The number of sulfonamides is 1. The summed E-state index contributed by atoms with van der Waals surface area (Å²) in [5.41, 5.74) is 1.52. The molecule has 1 heterocycles. The molecule has 2 aromatic rings. The van der Waals surface area contributed by atoms with Crippen LogP contribution in [0.1, 0.15) is 11.1 Å². The molecule has 0 aromatic heterocycles. The first-order valence-electron chi connectivity index (χ1n) is 8.98. The molecule has 1 saturated heterocycles. The van der Waals surface area contributed by atoms with Gasteiger partial charge in [0.1, 0.15) is 12.4 Å². The molecule has 0 unspecified atom stereocenters. The number of hydrogen-bond donors (Lipinski definition) is 0. The van der Waals surface area contributed by atoms with Gasteiger partial charge in [-0.1, -0.05) is 30.3 Å². The molecule has 28 heavy (non-hydrogen) atoms. The molecule has 0 bridgehead atoms. The number of benzene rings is 2. The van der Waals surface area contributed by atoms with Crippen molar-refractivity contribution in [2.75, 3.05) is 32.9 Å². The fraction of sp³-hybridized carbons (Fsp3) is 0.350. The maximum atomic E-state index is 12.7. The molecule has 0 N–H and O–H groups in total. The Bertz CT molecular complexity index is 922. The zero-order valence-electron chi connectivity index (χ0n) is 15.7. The number of rotatable bonds is 7. The minimum absolute atomic E-state index is 0.0254. The number of ether oxygens (including phenoxy) is 3. The number of carbonyl (C=O) groups is 1. The lowest BCUT2D eigenvalue weighted by molar-refractivity contribution is -0.147. The van der Waals surface area contributed by atoms with Crippen molar-refractivity contribution < 1.29 is 27.4 Å². The highest BCUT2D eigenvalue weighted by Gasteiger charge is 2.26. The molecule has 3 rings (SSSR count).